The number of nitrogens with two attached hydrogens (primary N) is 1. The van der Waals surface area contributed by atoms with Gasteiger partial charge in [0.25, 0.3) is 11.8 Å². The van der Waals surface area contributed by atoms with E-state index in [1.165, 1.54) is 13.0 Å². The van der Waals surface area contributed by atoms with Crippen molar-refractivity contribution in [1.82, 2.24) is 0 Å². The van der Waals surface area contributed by atoms with E-state index < -0.39 is 23.9 Å². The highest BCUT2D eigenvalue weighted by Gasteiger charge is 2.25. The van der Waals surface area contributed by atoms with Crippen molar-refractivity contribution in [3.05, 3.63) is 46.5 Å². The summed E-state index contributed by atoms with van der Waals surface area (Å²) in [6, 6.07) is 6.75. The minimum absolute atomic E-state index is 0.0160. The van der Waals surface area contributed by atoms with Crippen molar-refractivity contribution in [3.8, 4) is 5.75 Å². The smallest absolute Gasteiger partial charge is 0.375 e. The fourth-order valence-corrected chi connectivity index (χ4v) is 3.53. The number of primary amides is 1. The predicted molar refractivity (Wildman–Crippen MR) is 108 cm³/mol. The lowest BCUT2D eigenvalue weighted by molar-refractivity contribution is -0.123. The van der Waals surface area contributed by atoms with Gasteiger partial charge in [0.1, 0.15) is 16.3 Å². The van der Waals surface area contributed by atoms with Crippen molar-refractivity contribution in [1.29, 1.82) is 0 Å². The number of fused-ring (bicyclic) bond motifs is 1. The number of hydrogen-bond acceptors (Lipinski definition) is 7. The molecule has 8 nitrogen and oxygen atoms in total. The molecule has 29 heavy (non-hydrogen) atoms. The molecule has 0 spiro atoms. The highest BCUT2D eigenvalue weighted by Crippen LogP contribution is 2.29. The predicted octanol–water partition coefficient (Wildman–Crippen LogP) is 3.48. The number of furan rings is 1. The van der Waals surface area contributed by atoms with Gasteiger partial charge in [-0.3, -0.25) is 9.59 Å². The first-order chi connectivity index (χ1) is 13.8. The van der Waals surface area contributed by atoms with Gasteiger partial charge in [-0.15, -0.1) is 11.3 Å². The van der Waals surface area contributed by atoms with Crippen LogP contribution in [0.15, 0.2) is 34.1 Å². The quantitative estimate of drug-likeness (QED) is 0.569. The Morgan fingerprint density at radius 1 is 1.28 bits per heavy atom. The molecule has 0 bridgehead atoms. The largest absolute Gasteiger partial charge is 0.494 e. The van der Waals surface area contributed by atoms with Crippen LogP contribution in [0, 0.1) is 6.92 Å². The first-order valence-corrected chi connectivity index (χ1v) is 9.74. The molecule has 0 fully saturated rings. The molecule has 3 aromatic rings. The van der Waals surface area contributed by atoms with E-state index in [-0.39, 0.29) is 11.3 Å². The molecule has 2 heterocycles. The maximum Gasteiger partial charge on any atom is 0.375 e. The number of carbonyl (C=O) groups excluding carboxylic acids is 3. The number of ether oxygens (including phenoxy) is 2. The standard InChI is InChI=1S/C20H20N2O6S/c1-4-26-12-5-6-15-14(9-12)10(2)16(28-15)20(25)27-11(3)18(24)22-19-13(17(21)23)7-8-29-19/h5-9,11H,4H2,1-3H3,(H2,21,23)(H,22,24)/t11-/m0/s1. The molecule has 9 heteroatoms. The zero-order valence-electron chi connectivity index (χ0n) is 16.1. The lowest BCUT2D eigenvalue weighted by atomic mass is 10.1. The van der Waals surface area contributed by atoms with E-state index >= 15 is 0 Å². The summed E-state index contributed by atoms with van der Waals surface area (Å²) in [5.74, 6) is -1.33. The van der Waals surface area contributed by atoms with Gasteiger partial charge in [0.15, 0.2) is 6.10 Å². The zero-order chi connectivity index (χ0) is 21.1. The molecule has 3 N–H and O–H groups in total. The first-order valence-electron chi connectivity index (χ1n) is 8.86. The summed E-state index contributed by atoms with van der Waals surface area (Å²) < 4.78 is 16.3. The van der Waals surface area contributed by atoms with E-state index in [1.54, 1.807) is 30.5 Å². The Morgan fingerprint density at radius 2 is 2.03 bits per heavy atom. The van der Waals surface area contributed by atoms with Crippen LogP contribution in [0.3, 0.4) is 0 Å². The summed E-state index contributed by atoms with van der Waals surface area (Å²) in [7, 11) is 0. The van der Waals surface area contributed by atoms with Crippen LogP contribution in [0.4, 0.5) is 5.00 Å². The number of benzene rings is 1. The second-order valence-electron chi connectivity index (χ2n) is 6.21. The van der Waals surface area contributed by atoms with Gasteiger partial charge in [0, 0.05) is 10.9 Å². The van der Waals surface area contributed by atoms with Gasteiger partial charge in [-0.05, 0) is 50.4 Å². The summed E-state index contributed by atoms with van der Waals surface area (Å²) in [6.07, 6.45) is -1.11. The number of aryl methyl sites for hydroxylation is 1. The van der Waals surface area contributed by atoms with Gasteiger partial charge in [-0.1, -0.05) is 0 Å². The maximum atomic E-state index is 12.5. The zero-order valence-corrected chi connectivity index (χ0v) is 16.9. The fourth-order valence-electron chi connectivity index (χ4n) is 2.73. The highest BCUT2D eigenvalue weighted by molar-refractivity contribution is 7.14. The molecule has 1 atom stereocenters. The average Bonchev–Trinajstić information content (AvgIpc) is 3.27. The molecular formula is C20H20N2O6S. The van der Waals surface area contributed by atoms with Crippen molar-refractivity contribution in [3.63, 3.8) is 0 Å². The monoisotopic (exact) mass is 416 g/mol. The summed E-state index contributed by atoms with van der Waals surface area (Å²) in [4.78, 5) is 36.2. The average molecular weight is 416 g/mol. The lowest BCUT2D eigenvalue weighted by Crippen LogP contribution is -2.30. The molecule has 0 aliphatic rings. The third-order valence-corrected chi connectivity index (χ3v) is 5.05. The summed E-state index contributed by atoms with van der Waals surface area (Å²) in [6.45, 7) is 5.56. The van der Waals surface area contributed by atoms with Gasteiger partial charge in [0.2, 0.25) is 5.76 Å². The SMILES string of the molecule is CCOc1ccc2oc(C(=O)O[C@@H](C)C(=O)Nc3sccc3C(N)=O)c(C)c2c1. The van der Waals surface area contributed by atoms with Gasteiger partial charge in [-0.25, -0.2) is 4.79 Å². The topological polar surface area (TPSA) is 121 Å². The van der Waals surface area contributed by atoms with Crippen LogP contribution in [0.1, 0.15) is 40.3 Å². The molecule has 2 amide bonds. The third kappa shape index (κ3) is 4.24. The second-order valence-corrected chi connectivity index (χ2v) is 7.13. The molecule has 152 valence electrons. The van der Waals surface area contributed by atoms with Crippen LogP contribution in [-0.4, -0.2) is 30.5 Å². The van der Waals surface area contributed by atoms with Crippen LogP contribution in [0.2, 0.25) is 0 Å². The van der Waals surface area contributed by atoms with E-state index in [9.17, 15) is 14.4 Å². The fraction of sp³-hybridized carbons (Fsp3) is 0.250. The van der Waals surface area contributed by atoms with Crippen LogP contribution >= 0.6 is 11.3 Å². The van der Waals surface area contributed by atoms with E-state index in [1.807, 2.05) is 6.92 Å². The van der Waals surface area contributed by atoms with Crippen molar-refractivity contribution in [2.24, 2.45) is 5.73 Å². The molecule has 0 aliphatic heterocycles. The third-order valence-electron chi connectivity index (χ3n) is 4.22. The van der Waals surface area contributed by atoms with E-state index in [4.69, 9.17) is 19.6 Å². The number of esters is 1. The van der Waals surface area contributed by atoms with Gasteiger partial charge >= 0.3 is 5.97 Å². The Bertz CT molecular complexity index is 1080. The number of hydrogen-bond donors (Lipinski definition) is 2. The van der Waals surface area contributed by atoms with Crippen LogP contribution < -0.4 is 15.8 Å². The molecule has 0 saturated heterocycles. The number of amides is 2. The number of thiophene rings is 1. The Morgan fingerprint density at radius 3 is 2.72 bits per heavy atom. The molecular weight excluding hydrogens is 396 g/mol. The van der Waals surface area contributed by atoms with Crippen molar-refractivity contribution in [2.45, 2.75) is 26.9 Å². The number of carbonyl (C=O) groups is 3. The second kappa shape index (κ2) is 8.36. The Balaban J connectivity index is 1.73. The normalized spacial score (nSPS) is 11.8. The number of rotatable bonds is 7. The molecule has 3 rings (SSSR count). The molecule has 2 aromatic heterocycles. The Kier molecular flexibility index (Phi) is 5.88. The summed E-state index contributed by atoms with van der Waals surface area (Å²) in [5, 5.41) is 5.20. The van der Waals surface area contributed by atoms with Crippen molar-refractivity contribution < 1.29 is 28.3 Å². The van der Waals surface area contributed by atoms with Crippen LogP contribution in [-0.2, 0) is 9.53 Å². The molecule has 0 unspecified atom stereocenters. The van der Waals surface area contributed by atoms with Crippen LogP contribution in [0.5, 0.6) is 5.75 Å². The number of nitrogens with one attached hydrogen (secondary N) is 1. The van der Waals surface area contributed by atoms with Gasteiger partial charge in [-0.2, -0.15) is 0 Å². The summed E-state index contributed by atoms with van der Waals surface area (Å²) in [5.41, 5.74) is 6.56. The highest BCUT2D eigenvalue weighted by atomic mass is 32.1. The van der Waals surface area contributed by atoms with Gasteiger partial charge < -0.3 is 24.9 Å². The first kappa shape index (κ1) is 20.4. The Labute approximate surface area is 170 Å². The van der Waals surface area contributed by atoms with Gasteiger partial charge in [0.05, 0.1) is 12.2 Å². The van der Waals surface area contributed by atoms with E-state index in [2.05, 4.69) is 5.32 Å². The minimum atomic E-state index is -1.11. The summed E-state index contributed by atoms with van der Waals surface area (Å²) >= 11 is 1.15. The number of anilines is 1. The minimum Gasteiger partial charge on any atom is -0.494 e. The van der Waals surface area contributed by atoms with E-state index in [0.29, 0.717) is 28.5 Å². The Hall–Kier alpha value is -3.33. The molecule has 1 aromatic carbocycles. The van der Waals surface area contributed by atoms with Crippen molar-refractivity contribution >= 4 is 45.1 Å². The molecule has 0 saturated carbocycles. The van der Waals surface area contributed by atoms with Crippen molar-refractivity contribution in [2.75, 3.05) is 11.9 Å². The van der Waals surface area contributed by atoms with Crippen LogP contribution in [0.25, 0.3) is 11.0 Å². The molecule has 0 radical (unpaired) electrons. The lowest BCUT2D eigenvalue weighted by Gasteiger charge is -2.12. The molecule has 0 aliphatic carbocycles. The van der Waals surface area contributed by atoms with E-state index in [0.717, 1.165) is 16.7 Å². The maximum absolute atomic E-state index is 12.5.